The number of nitrogens with zero attached hydrogens (tertiary/aromatic N) is 1. The number of halogens is 1. The SMILES string of the molecule is NCc1cc(Br)cc(N2CCS(=O)CC2)c1. The van der Waals surface area contributed by atoms with Crippen LogP contribution in [0, 0.1) is 0 Å². The predicted molar refractivity (Wildman–Crippen MR) is 72.1 cm³/mol. The topological polar surface area (TPSA) is 46.3 Å². The molecule has 88 valence electrons. The maximum absolute atomic E-state index is 11.3. The van der Waals surface area contributed by atoms with Crippen molar-refractivity contribution in [3.63, 3.8) is 0 Å². The Labute approximate surface area is 107 Å². The van der Waals surface area contributed by atoms with E-state index in [1.807, 2.05) is 6.07 Å². The molecule has 1 saturated heterocycles. The van der Waals surface area contributed by atoms with Crippen LogP contribution in [0.1, 0.15) is 5.56 Å². The lowest BCUT2D eigenvalue weighted by Crippen LogP contribution is -2.37. The molecule has 2 N–H and O–H groups in total. The second-order valence-electron chi connectivity index (χ2n) is 3.86. The summed E-state index contributed by atoms with van der Waals surface area (Å²) in [5, 5.41) is 0. The molecule has 1 fully saturated rings. The number of hydrogen-bond donors (Lipinski definition) is 1. The first-order chi connectivity index (χ1) is 7.69. The molecule has 1 aromatic rings. The molecule has 1 aliphatic heterocycles. The first kappa shape index (κ1) is 12.1. The molecule has 0 amide bonds. The quantitative estimate of drug-likeness (QED) is 0.900. The monoisotopic (exact) mass is 302 g/mol. The highest BCUT2D eigenvalue weighted by atomic mass is 79.9. The van der Waals surface area contributed by atoms with Gasteiger partial charge in [-0.05, 0) is 23.8 Å². The molecule has 1 aromatic carbocycles. The molecule has 0 spiro atoms. The van der Waals surface area contributed by atoms with Crippen molar-refractivity contribution in [3.05, 3.63) is 28.2 Å². The fraction of sp³-hybridized carbons (Fsp3) is 0.455. The lowest BCUT2D eigenvalue weighted by Gasteiger charge is -2.29. The van der Waals surface area contributed by atoms with Crippen LogP contribution in [-0.2, 0) is 17.3 Å². The Kier molecular flexibility index (Phi) is 4.00. The molecule has 16 heavy (non-hydrogen) atoms. The van der Waals surface area contributed by atoms with Crippen molar-refractivity contribution < 1.29 is 4.21 Å². The van der Waals surface area contributed by atoms with E-state index in [0.717, 1.165) is 34.6 Å². The minimum atomic E-state index is -0.625. The smallest absolute Gasteiger partial charge is 0.0411 e. The summed E-state index contributed by atoms with van der Waals surface area (Å²) in [5.41, 5.74) is 7.95. The average molecular weight is 303 g/mol. The van der Waals surface area contributed by atoms with E-state index in [0.29, 0.717) is 6.54 Å². The Morgan fingerprint density at radius 3 is 2.62 bits per heavy atom. The van der Waals surface area contributed by atoms with Crippen LogP contribution in [0.4, 0.5) is 5.69 Å². The summed E-state index contributed by atoms with van der Waals surface area (Å²) in [5.74, 6) is 1.54. The minimum absolute atomic E-state index is 0.548. The molecule has 0 atom stereocenters. The van der Waals surface area contributed by atoms with Gasteiger partial charge in [-0.15, -0.1) is 0 Å². The van der Waals surface area contributed by atoms with Crippen molar-refractivity contribution in [2.75, 3.05) is 29.5 Å². The zero-order valence-corrected chi connectivity index (χ0v) is 11.4. The van der Waals surface area contributed by atoms with Gasteiger partial charge in [0, 0.05) is 52.1 Å². The van der Waals surface area contributed by atoms with Gasteiger partial charge in [-0.1, -0.05) is 15.9 Å². The van der Waals surface area contributed by atoms with E-state index in [1.54, 1.807) is 0 Å². The first-order valence-corrected chi connectivity index (χ1v) is 7.56. The third-order valence-corrected chi connectivity index (χ3v) is 4.45. The molecule has 0 aromatic heterocycles. The Morgan fingerprint density at radius 1 is 1.31 bits per heavy atom. The molecule has 5 heteroatoms. The van der Waals surface area contributed by atoms with Gasteiger partial charge < -0.3 is 10.6 Å². The summed E-state index contributed by atoms with van der Waals surface area (Å²) in [6, 6.07) is 6.23. The van der Waals surface area contributed by atoms with Gasteiger partial charge in [-0.2, -0.15) is 0 Å². The third-order valence-electron chi connectivity index (χ3n) is 2.72. The number of hydrogen-bond acceptors (Lipinski definition) is 3. The second-order valence-corrected chi connectivity index (χ2v) is 6.47. The van der Waals surface area contributed by atoms with Gasteiger partial charge >= 0.3 is 0 Å². The van der Waals surface area contributed by atoms with Crippen molar-refractivity contribution >= 4 is 32.4 Å². The molecule has 0 aliphatic carbocycles. The van der Waals surface area contributed by atoms with Crippen LogP contribution >= 0.6 is 15.9 Å². The largest absolute Gasteiger partial charge is 0.370 e. The summed E-state index contributed by atoms with van der Waals surface area (Å²) >= 11 is 3.49. The first-order valence-electron chi connectivity index (χ1n) is 5.28. The second kappa shape index (κ2) is 5.29. The molecule has 0 unspecified atom stereocenters. The zero-order valence-electron chi connectivity index (χ0n) is 8.99. The number of benzene rings is 1. The van der Waals surface area contributed by atoms with Gasteiger partial charge in [0.2, 0.25) is 0 Å². The van der Waals surface area contributed by atoms with Gasteiger partial charge in [0.15, 0.2) is 0 Å². The van der Waals surface area contributed by atoms with E-state index in [1.165, 1.54) is 5.69 Å². The van der Waals surface area contributed by atoms with Gasteiger partial charge in [-0.3, -0.25) is 4.21 Å². The van der Waals surface area contributed by atoms with Crippen LogP contribution in [0.3, 0.4) is 0 Å². The highest BCUT2D eigenvalue weighted by Gasteiger charge is 2.15. The molecule has 0 saturated carbocycles. The maximum atomic E-state index is 11.3. The summed E-state index contributed by atoms with van der Waals surface area (Å²) in [6.45, 7) is 2.28. The fourth-order valence-electron chi connectivity index (χ4n) is 1.83. The van der Waals surface area contributed by atoms with E-state index in [-0.39, 0.29) is 0 Å². The minimum Gasteiger partial charge on any atom is -0.370 e. The number of anilines is 1. The van der Waals surface area contributed by atoms with Crippen LogP contribution in [-0.4, -0.2) is 28.8 Å². The van der Waals surface area contributed by atoms with Gasteiger partial charge in [0.05, 0.1) is 0 Å². The third kappa shape index (κ3) is 2.84. The Hall–Kier alpha value is -0.390. The molecule has 2 rings (SSSR count). The van der Waals surface area contributed by atoms with E-state index in [9.17, 15) is 4.21 Å². The van der Waals surface area contributed by atoms with Crippen LogP contribution in [0.5, 0.6) is 0 Å². The highest BCUT2D eigenvalue weighted by molar-refractivity contribution is 9.10. The molecule has 1 aliphatic rings. The highest BCUT2D eigenvalue weighted by Crippen LogP contribution is 2.23. The number of nitrogens with two attached hydrogens (primary N) is 1. The van der Waals surface area contributed by atoms with Crippen molar-refractivity contribution in [3.8, 4) is 0 Å². The van der Waals surface area contributed by atoms with E-state index >= 15 is 0 Å². The van der Waals surface area contributed by atoms with Crippen LogP contribution in [0.25, 0.3) is 0 Å². The van der Waals surface area contributed by atoms with Crippen molar-refractivity contribution in [2.45, 2.75) is 6.54 Å². The molecule has 1 heterocycles. The van der Waals surface area contributed by atoms with Crippen molar-refractivity contribution in [1.82, 2.24) is 0 Å². The predicted octanol–water partition coefficient (Wildman–Crippen LogP) is 1.48. The summed E-state index contributed by atoms with van der Waals surface area (Å²) < 4.78 is 12.3. The van der Waals surface area contributed by atoms with Gasteiger partial charge in [-0.25, -0.2) is 0 Å². The van der Waals surface area contributed by atoms with E-state index in [4.69, 9.17) is 5.73 Å². The summed E-state index contributed by atoms with van der Waals surface area (Å²) in [7, 11) is -0.625. The van der Waals surface area contributed by atoms with E-state index < -0.39 is 10.8 Å². The van der Waals surface area contributed by atoms with Crippen molar-refractivity contribution in [2.24, 2.45) is 5.73 Å². The fourth-order valence-corrected chi connectivity index (χ4v) is 3.41. The average Bonchev–Trinajstić information content (AvgIpc) is 2.29. The maximum Gasteiger partial charge on any atom is 0.0411 e. The van der Waals surface area contributed by atoms with Crippen LogP contribution < -0.4 is 10.6 Å². The number of rotatable bonds is 2. The lowest BCUT2D eigenvalue weighted by molar-refractivity contribution is 0.673. The summed E-state index contributed by atoms with van der Waals surface area (Å²) in [6.07, 6.45) is 0. The lowest BCUT2D eigenvalue weighted by atomic mass is 10.2. The molecular weight excluding hydrogens is 288 g/mol. The van der Waals surface area contributed by atoms with Gasteiger partial charge in [0.25, 0.3) is 0 Å². The van der Waals surface area contributed by atoms with E-state index in [2.05, 4.69) is 33.0 Å². The van der Waals surface area contributed by atoms with Crippen molar-refractivity contribution in [1.29, 1.82) is 0 Å². The molecule has 0 bridgehead atoms. The molecule has 0 radical (unpaired) electrons. The Morgan fingerprint density at radius 2 is 2.00 bits per heavy atom. The van der Waals surface area contributed by atoms with Crippen LogP contribution in [0.2, 0.25) is 0 Å². The molecular formula is C11H15BrN2OS. The normalized spacial score (nSPS) is 17.8. The zero-order chi connectivity index (χ0) is 11.5. The molecule has 3 nitrogen and oxygen atoms in total. The Balaban J connectivity index is 2.19. The standard InChI is InChI=1S/C11H15BrN2OS/c12-10-5-9(8-13)6-11(7-10)14-1-3-16(15)4-2-14/h5-7H,1-4,8,13H2. The Bertz CT molecular complexity index is 401. The summed E-state index contributed by atoms with van der Waals surface area (Å²) in [4.78, 5) is 2.27. The van der Waals surface area contributed by atoms with Gasteiger partial charge in [0.1, 0.15) is 0 Å². The van der Waals surface area contributed by atoms with Crippen LogP contribution in [0.15, 0.2) is 22.7 Å².